The number of furan rings is 1. The Kier molecular flexibility index (Phi) is 6.87. The van der Waals surface area contributed by atoms with Gasteiger partial charge in [0.15, 0.2) is 10.4 Å². The van der Waals surface area contributed by atoms with Gasteiger partial charge in [-0.25, -0.2) is 0 Å². The molecule has 2 amide bonds. The third-order valence-electron chi connectivity index (χ3n) is 8.27. The number of rotatable bonds is 4. The second-order valence-corrected chi connectivity index (χ2v) is 12.3. The van der Waals surface area contributed by atoms with Crippen molar-refractivity contribution in [3.8, 4) is 0 Å². The molecule has 3 aromatic rings. The van der Waals surface area contributed by atoms with E-state index in [2.05, 4.69) is 40.0 Å². The van der Waals surface area contributed by atoms with E-state index in [9.17, 15) is 14.4 Å². The van der Waals surface area contributed by atoms with Crippen LogP contribution in [0.1, 0.15) is 59.2 Å². The van der Waals surface area contributed by atoms with Crippen LogP contribution >= 0.6 is 15.9 Å². The van der Waals surface area contributed by atoms with Gasteiger partial charge in [0, 0.05) is 56.0 Å². The number of piperidine rings is 2. The maximum Gasteiger partial charge on any atom is 0.291 e. The van der Waals surface area contributed by atoms with Crippen molar-refractivity contribution in [3.63, 3.8) is 0 Å². The predicted molar refractivity (Wildman–Crippen MR) is 153 cm³/mol. The highest BCUT2D eigenvalue weighted by Gasteiger charge is 2.36. The minimum atomic E-state index is -0.374. The number of hydrogen-bond donors (Lipinski definition) is 1. The first kappa shape index (κ1) is 25.9. The molecule has 2 bridgehead atoms. The molecule has 4 atom stereocenters. The first-order valence-electron chi connectivity index (χ1n) is 13.7. The van der Waals surface area contributed by atoms with Crippen LogP contribution in [0.5, 0.6) is 0 Å². The molecule has 204 valence electrons. The van der Waals surface area contributed by atoms with Crippen LogP contribution in [0.15, 0.2) is 62.4 Å². The van der Waals surface area contributed by atoms with Crippen LogP contribution in [0.2, 0.25) is 0 Å². The standard InChI is InChI=1S/C30H33BrN4O4/c1-18-10-19(2)14-34(13-18)30(38)21-6-7-25(23(12-21)32-29(37)26-8-9-27(31)39-26)33-15-20-11-22(17-33)24-4-3-5-28(36)35(24)16-20/h3-9,12,18-20,22H,10-11,13-17H2,1-2H3,(H,32,37). The first-order valence-corrected chi connectivity index (χ1v) is 14.5. The Morgan fingerprint density at radius 3 is 2.49 bits per heavy atom. The van der Waals surface area contributed by atoms with E-state index in [0.29, 0.717) is 40.2 Å². The molecule has 6 rings (SSSR count). The maximum atomic E-state index is 13.6. The van der Waals surface area contributed by atoms with Gasteiger partial charge in [-0.3, -0.25) is 14.4 Å². The topological polar surface area (TPSA) is 87.8 Å². The molecule has 3 aliphatic heterocycles. The van der Waals surface area contributed by atoms with E-state index in [1.807, 2.05) is 33.7 Å². The lowest BCUT2D eigenvalue weighted by atomic mass is 9.83. The van der Waals surface area contributed by atoms with Gasteiger partial charge in [-0.2, -0.15) is 0 Å². The number of aromatic nitrogens is 1. The predicted octanol–water partition coefficient (Wildman–Crippen LogP) is 5.20. The van der Waals surface area contributed by atoms with Gasteiger partial charge in [0.1, 0.15) is 0 Å². The van der Waals surface area contributed by atoms with E-state index in [0.717, 1.165) is 50.4 Å². The normalized spacial score (nSPS) is 24.3. The summed E-state index contributed by atoms with van der Waals surface area (Å²) in [5.41, 5.74) is 3.13. The molecular weight excluding hydrogens is 560 g/mol. The second-order valence-electron chi connectivity index (χ2n) is 11.5. The number of amides is 2. The zero-order chi connectivity index (χ0) is 27.3. The number of fused-ring (bicyclic) bond motifs is 4. The number of nitrogens with one attached hydrogen (secondary N) is 1. The number of halogens is 1. The van der Waals surface area contributed by atoms with E-state index in [4.69, 9.17) is 4.42 Å². The fraction of sp³-hybridized carbons (Fsp3) is 0.433. The Morgan fingerprint density at radius 2 is 1.74 bits per heavy atom. The highest BCUT2D eigenvalue weighted by Crippen LogP contribution is 2.39. The Hall–Kier alpha value is -3.33. The van der Waals surface area contributed by atoms with Crippen LogP contribution in [-0.4, -0.2) is 47.5 Å². The molecular formula is C30H33BrN4O4. The molecule has 9 heteroatoms. The van der Waals surface area contributed by atoms with Crippen molar-refractivity contribution in [1.82, 2.24) is 9.47 Å². The lowest BCUT2D eigenvalue weighted by molar-refractivity contribution is 0.0623. The lowest BCUT2D eigenvalue weighted by Crippen LogP contribution is -2.47. The third-order valence-corrected chi connectivity index (χ3v) is 8.69. The largest absolute Gasteiger partial charge is 0.444 e. The SMILES string of the molecule is CC1CC(C)CN(C(=O)c2ccc(N3CC4CC(C3)c3cccc(=O)n3C4)c(NC(=O)c3ccc(Br)o3)c2)C1. The minimum absolute atomic E-state index is 0.0139. The van der Waals surface area contributed by atoms with Gasteiger partial charge in [-0.05, 0) is 82.9 Å². The number of benzene rings is 1. The molecule has 0 radical (unpaired) electrons. The molecule has 2 fully saturated rings. The van der Waals surface area contributed by atoms with Crippen molar-refractivity contribution in [2.45, 2.75) is 39.2 Å². The van der Waals surface area contributed by atoms with Crippen LogP contribution < -0.4 is 15.8 Å². The second kappa shape index (κ2) is 10.3. The summed E-state index contributed by atoms with van der Waals surface area (Å²) in [6.07, 6.45) is 2.15. The maximum absolute atomic E-state index is 13.6. The van der Waals surface area contributed by atoms with E-state index < -0.39 is 0 Å². The summed E-state index contributed by atoms with van der Waals surface area (Å²) in [5.74, 6) is 1.24. The number of nitrogens with zero attached hydrogens (tertiary/aromatic N) is 3. The van der Waals surface area contributed by atoms with Crippen molar-refractivity contribution in [3.05, 3.63) is 80.6 Å². The summed E-state index contributed by atoms with van der Waals surface area (Å²) in [4.78, 5) is 43.4. The van der Waals surface area contributed by atoms with Gasteiger partial charge in [-0.1, -0.05) is 19.9 Å². The Labute approximate surface area is 236 Å². The number of anilines is 2. The molecule has 39 heavy (non-hydrogen) atoms. The third kappa shape index (κ3) is 5.16. The molecule has 0 spiro atoms. The van der Waals surface area contributed by atoms with E-state index in [1.54, 1.807) is 24.3 Å². The number of pyridine rings is 1. The molecule has 5 heterocycles. The van der Waals surface area contributed by atoms with Crippen LogP contribution in [0.4, 0.5) is 11.4 Å². The quantitative estimate of drug-likeness (QED) is 0.450. The summed E-state index contributed by atoms with van der Waals surface area (Å²) < 4.78 is 7.88. The zero-order valence-electron chi connectivity index (χ0n) is 22.2. The molecule has 2 aromatic heterocycles. The van der Waals surface area contributed by atoms with Crippen LogP contribution in [0.3, 0.4) is 0 Å². The van der Waals surface area contributed by atoms with Crippen molar-refractivity contribution in [2.75, 3.05) is 36.4 Å². The van der Waals surface area contributed by atoms with Gasteiger partial charge in [-0.15, -0.1) is 0 Å². The molecule has 2 saturated heterocycles. The number of carbonyl (C=O) groups excluding carboxylic acids is 2. The molecule has 8 nitrogen and oxygen atoms in total. The number of likely N-dealkylation sites (tertiary alicyclic amines) is 1. The number of hydrogen-bond acceptors (Lipinski definition) is 5. The van der Waals surface area contributed by atoms with Crippen molar-refractivity contribution in [1.29, 1.82) is 0 Å². The van der Waals surface area contributed by atoms with Gasteiger partial charge in [0.05, 0.1) is 11.4 Å². The summed E-state index contributed by atoms with van der Waals surface area (Å²) in [5, 5.41) is 3.03. The van der Waals surface area contributed by atoms with E-state index in [1.165, 1.54) is 0 Å². The minimum Gasteiger partial charge on any atom is -0.444 e. The lowest BCUT2D eigenvalue weighted by Gasteiger charge is -2.44. The monoisotopic (exact) mass is 592 g/mol. The molecule has 1 N–H and O–H groups in total. The Morgan fingerprint density at radius 1 is 0.949 bits per heavy atom. The Bertz CT molecular complexity index is 1470. The summed E-state index contributed by atoms with van der Waals surface area (Å²) in [6, 6.07) is 14.4. The average Bonchev–Trinajstić information content (AvgIpc) is 3.34. The summed E-state index contributed by atoms with van der Waals surface area (Å²) in [6.45, 7) is 8.02. The number of carbonyl (C=O) groups is 2. The van der Waals surface area contributed by atoms with Crippen LogP contribution in [0.25, 0.3) is 0 Å². The van der Waals surface area contributed by atoms with E-state index >= 15 is 0 Å². The van der Waals surface area contributed by atoms with Crippen molar-refractivity contribution >= 4 is 39.1 Å². The molecule has 1 aromatic carbocycles. The highest BCUT2D eigenvalue weighted by atomic mass is 79.9. The average molecular weight is 594 g/mol. The Balaban J connectivity index is 1.33. The zero-order valence-corrected chi connectivity index (χ0v) is 23.8. The highest BCUT2D eigenvalue weighted by molar-refractivity contribution is 9.10. The van der Waals surface area contributed by atoms with Gasteiger partial charge < -0.3 is 24.1 Å². The van der Waals surface area contributed by atoms with E-state index in [-0.39, 0.29) is 29.1 Å². The molecule has 0 aliphatic carbocycles. The fourth-order valence-corrected chi connectivity index (χ4v) is 7.08. The van der Waals surface area contributed by atoms with Crippen LogP contribution in [-0.2, 0) is 6.54 Å². The molecule has 3 aliphatic rings. The smallest absolute Gasteiger partial charge is 0.291 e. The van der Waals surface area contributed by atoms with Crippen molar-refractivity contribution in [2.24, 2.45) is 17.8 Å². The molecule has 0 saturated carbocycles. The summed E-state index contributed by atoms with van der Waals surface area (Å²) >= 11 is 3.26. The van der Waals surface area contributed by atoms with Gasteiger partial charge >= 0.3 is 0 Å². The van der Waals surface area contributed by atoms with Crippen molar-refractivity contribution < 1.29 is 14.0 Å². The van der Waals surface area contributed by atoms with Gasteiger partial charge in [0.2, 0.25) is 0 Å². The van der Waals surface area contributed by atoms with Gasteiger partial charge in [0.25, 0.3) is 17.4 Å². The summed E-state index contributed by atoms with van der Waals surface area (Å²) in [7, 11) is 0. The molecule has 4 unspecified atom stereocenters. The fourth-order valence-electron chi connectivity index (χ4n) is 6.77. The van der Waals surface area contributed by atoms with Crippen LogP contribution in [0, 0.1) is 17.8 Å². The first-order chi connectivity index (χ1) is 18.7.